The van der Waals surface area contributed by atoms with E-state index in [0.717, 1.165) is 25.7 Å². The minimum absolute atomic E-state index is 0.115. The van der Waals surface area contributed by atoms with Crippen molar-refractivity contribution < 1.29 is 14.7 Å². The molecule has 1 aliphatic carbocycles. The third-order valence-corrected chi connectivity index (χ3v) is 3.72. The molecule has 0 saturated heterocycles. The van der Waals surface area contributed by atoms with E-state index in [9.17, 15) is 9.59 Å². The van der Waals surface area contributed by atoms with Gasteiger partial charge in [-0.15, -0.1) is 0 Å². The van der Waals surface area contributed by atoms with Crippen LogP contribution in [0.25, 0.3) is 0 Å². The van der Waals surface area contributed by atoms with Crippen molar-refractivity contribution in [1.29, 1.82) is 0 Å². The summed E-state index contributed by atoms with van der Waals surface area (Å²) in [5, 5.41) is 12.0. The first-order valence-corrected chi connectivity index (χ1v) is 7.23. The van der Waals surface area contributed by atoms with E-state index in [4.69, 9.17) is 5.11 Å². The van der Waals surface area contributed by atoms with Gasteiger partial charge >= 0.3 is 5.97 Å². The number of nitrogens with one attached hydrogen (secondary N) is 1. The quantitative estimate of drug-likeness (QED) is 0.749. The molecule has 108 valence electrons. The second-order valence-corrected chi connectivity index (χ2v) is 5.31. The first kappa shape index (κ1) is 14.7. The van der Waals surface area contributed by atoms with Gasteiger partial charge < -0.3 is 10.4 Å². The number of hydrogen-bond donors (Lipinski definition) is 2. The predicted molar refractivity (Wildman–Crippen MR) is 77.1 cm³/mol. The summed E-state index contributed by atoms with van der Waals surface area (Å²) in [7, 11) is 0. The van der Waals surface area contributed by atoms with E-state index in [1.165, 1.54) is 11.1 Å². The second kappa shape index (κ2) is 6.66. The molecule has 0 fully saturated rings. The molecule has 20 heavy (non-hydrogen) atoms. The van der Waals surface area contributed by atoms with Crippen molar-refractivity contribution >= 4 is 11.8 Å². The van der Waals surface area contributed by atoms with Crippen LogP contribution in [0.15, 0.2) is 18.2 Å². The maximum absolute atomic E-state index is 12.5. The first-order valence-electron chi connectivity index (χ1n) is 7.23. The Morgan fingerprint density at radius 3 is 2.75 bits per heavy atom. The molecule has 0 amide bonds. The van der Waals surface area contributed by atoms with Crippen LogP contribution in [0, 0.1) is 0 Å². The molecule has 0 aromatic heterocycles. The molecule has 1 aromatic rings. The number of rotatable bonds is 7. The highest BCUT2D eigenvalue weighted by molar-refractivity contribution is 6.02. The number of carboxylic acid groups (broad SMARTS) is 1. The van der Waals surface area contributed by atoms with Crippen LogP contribution in [0.5, 0.6) is 0 Å². The van der Waals surface area contributed by atoms with Crippen LogP contribution >= 0.6 is 0 Å². The van der Waals surface area contributed by atoms with Gasteiger partial charge in [-0.05, 0) is 49.4 Å². The minimum atomic E-state index is -0.951. The van der Waals surface area contributed by atoms with Gasteiger partial charge in [0.2, 0.25) is 0 Å². The summed E-state index contributed by atoms with van der Waals surface area (Å²) < 4.78 is 0. The zero-order chi connectivity index (χ0) is 14.5. The summed E-state index contributed by atoms with van der Waals surface area (Å²) in [5.41, 5.74) is 3.18. The van der Waals surface area contributed by atoms with E-state index < -0.39 is 12.0 Å². The number of carboxylic acids is 1. The Kier molecular flexibility index (Phi) is 4.90. The highest BCUT2D eigenvalue weighted by Crippen LogP contribution is 2.23. The number of carbonyl (C=O) groups is 2. The molecular formula is C16H21NO3. The normalized spacial score (nSPS) is 14.8. The van der Waals surface area contributed by atoms with Gasteiger partial charge in [0, 0.05) is 5.56 Å². The van der Waals surface area contributed by atoms with Crippen molar-refractivity contribution in [3.8, 4) is 0 Å². The van der Waals surface area contributed by atoms with E-state index in [1.54, 1.807) is 0 Å². The molecule has 0 aliphatic heterocycles. The zero-order valence-corrected chi connectivity index (χ0v) is 11.8. The Morgan fingerprint density at radius 2 is 2.05 bits per heavy atom. The van der Waals surface area contributed by atoms with Crippen LogP contribution in [-0.2, 0) is 17.6 Å². The van der Waals surface area contributed by atoms with Gasteiger partial charge in [0.1, 0.15) is 0 Å². The molecule has 0 heterocycles. The monoisotopic (exact) mass is 275 g/mol. The average Bonchev–Trinajstić information content (AvgIpc) is 2.89. The number of aryl methyl sites for hydroxylation is 2. The number of fused-ring (bicyclic) bond motifs is 1. The molecule has 1 aliphatic rings. The molecule has 4 heteroatoms. The lowest BCUT2D eigenvalue weighted by Gasteiger charge is -2.16. The molecule has 0 spiro atoms. The van der Waals surface area contributed by atoms with Gasteiger partial charge in [-0.3, -0.25) is 9.59 Å². The summed E-state index contributed by atoms with van der Waals surface area (Å²) in [4.78, 5) is 23.4. The van der Waals surface area contributed by atoms with Gasteiger partial charge in [0.05, 0.1) is 12.5 Å². The fourth-order valence-electron chi connectivity index (χ4n) is 2.68. The third-order valence-electron chi connectivity index (χ3n) is 3.72. The molecule has 0 saturated carbocycles. The highest BCUT2D eigenvalue weighted by atomic mass is 16.4. The Labute approximate surface area is 119 Å². The number of benzene rings is 1. The fraction of sp³-hybridized carbons (Fsp3) is 0.500. The Morgan fingerprint density at radius 1 is 1.30 bits per heavy atom. The molecule has 0 radical (unpaired) electrons. The molecule has 4 nitrogen and oxygen atoms in total. The van der Waals surface area contributed by atoms with Gasteiger partial charge in [-0.25, -0.2) is 0 Å². The zero-order valence-electron chi connectivity index (χ0n) is 11.8. The second-order valence-electron chi connectivity index (χ2n) is 5.31. The van der Waals surface area contributed by atoms with Crippen LogP contribution in [0.1, 0.15) is 47.7 Å². The van der Waals surface area contributed by atoms with Crippen molar-refractivity contribution in [3.63, 3.8) is 0 Å². The Balaban J connectivity index is 2.15. The maximum Gasteiger partial charge on any atom is 0.305 e. The molecule has 2 rings (SSSR count). The lowest BCUT2D eigenvalue weighted by molar-refractivity contribution is -0.137. The van der Waals surface area contributed by atoms with E-state index in [0.29, 0.717) is 12.1 Å². The Bertz CT molecular complexity index is 510. The smallest absolute Gasteiger partial charge is 0.305 e. The number of carbonyl (C=O) groups excluding carboxylic acids is 1. The van der Waals surface area contributed by atoms with E-state index in [2.05, 4.69) is 5.32 Å². The van der Waals surface area contributed by atoms with E-state index >= 15 is 0 Å². The van der Waals surface area contributed by atoms with Gasteiger partial charge in [0.15, 0.2) is 5.78 Å². The highest BCUT2D eigenvalue weighted by Gasteiger charge is 2.23. The Hall–Kier alpha value is -1.68. The number of aliphatic carboxylic acids is 1. The number of Topliss-reactive ketones (excluding diaryl/α,β-unsaturated/α-hetero) is 1. The molecule has 1 atom stereocenters. The van der Waals surface area contributed by atoms with Gasteiger partial charge in [0.25, 0.3) is 0 Å². The third kappa shape index (κ3) is 3.45. The molecule has 0 bridgehead atoms. The topological polar surface area (TPSA) is 66.4 Å². The number of ketones is 1. The molecule has 2 N–H and O–H groups in total. The fourth-order valence-corrected chi connectivity index (χ4v) is 2.68. The van der Waals surface area contributed by atoms with Gasteiger partial charge in [-0.1, -0.05) is 19.1 Å². The van der Waals surface area contributed by atoms with Crippen LogP contribution in [0.2, 0.25) is 0 Å². The van der Waals surface area contributed by atoms with Crippen molar-refractivity contribution in [2.45, 2.75) is 45.1 Å². The maximum atomic E-state index is 12.5. The molecular weight excluding hydrogens is 254 g/mol. The first-order chi connectivity index (χ1) is 9.61. The van der Waals surface area contributed by atoms with Crippen LogP contribution < -0.4 is 5.32 Å². The summed E-state index contributed by atoms with van der Waals surface area (Å²) in [6.07, 6.45) is 3.93. The van der Waals surface area contributed by atoms with Crippen LogP contribution in [-0.4, -0.2) is 29.4 Å². The van der Waals surface area contributed by atoms with Crippen molar-refractivity contribution in [3.05, 3.63) is 34.9 Å². The molecule has 1 aromatic carbocycles. The minimum Gasteiger partial charge on any atom is -0.481 e. The van der Waals surface area contributed by atoms with Crippen molar-refractivity contribution in [2.24, 2.45) is 0 Å². The summed E-state index contributed by atoms with van der Waals surface area (Å²) in [6, 6.07) is 5.14. The van der Waals surface area contributed by atoms with E-state index in [-0.39, 0.29) is 12.2 Å². The number of hydrogen-bond acceptors (Lipinski definition) is 3. The van der Waals surface area contributed by atoms with Crippen molar-refractivity contribution in [2.75, 3.05) is 6.54 Å². The van der Waals surface area contributed by atoms with Gasteiger partial charge in [-0.2, -0.15) is 0 Å². The summed E-state index contributed by atoms with van der Waals surface area (Å²) in [5.74, 6) is -1.07. The van der Waals surface area contributed by atoms with E-state index in [1.807, 2.05) is 25.1 Å². The lowest BCUT2D eigenvalue weighted by atomic mass is 9.98. The SMILES string of the molecule is CCCNC(CC(=O)O)C(=O)c1ccc2c(c1)CCC2. The summed E-state index contributed by atoms with van der Waals surface area (Å²) in [6.45, 7) is 2.64. The standard InChI is InChI=1S/C16H21NO3/c1-2-8-17-14(10-15(18)19)16(20)13-7-6-11-4-3-5-12(11)9-13/h6-7,9,14,17H,2-5,8,10H2,1H3,(H,18,19). The molecule has 1 unspecified atom stereocenters. The average molecular weight is 275 g/mol. The predicted octanol–water partition coefficient (Wildman–Crippen LogP) is 2.20. The van der Waals surface area contributed by atoms with Crippen molar-refractivity contribution in [1.82, 2.24) is 5.32 Å². The summed E-state index contributed by atoms with van der Waals surface area (Å²) >= 11 is 0. The lowest BCUT2D eigenvalue weighted by Crippen LogP contribution is -2.39. The van der Waals surface area contributed by atoms with Crippen LogP contribution in [0.3, 0.4) is 0 Å². The largest absolute Gasteiger partial charge is 0.481 e. The van der Waals surface area contributed by atoms with Crippen LogP contribution in [0.4, 0.5) is 0 Å².